The number of aryl methyl sites for hydroxylation is 1. The molecule has 3 atom stereocenters. The molecule has 2 aromatic rings. The molecule has 3 unspecified atom stereocenters. The average molecular weight is 435 g/mol. The zero-order valence-electron chi connectivity index (χ0n) is 18.3. The maximum atomic E-state index is 13.8. The Morgan fingerprint density at radius 2 is 1.94 bits per heavy atom. The van der Waals surface area contributed by atoms with Crippen molar-refractivity contribution in [3.63, 3.8) is 0 Å². The number of amides is 1. The second kappa shape index (κ2) is 8.30. The number of aromatic nitrogens is 1. The molecule has 3 aliphatic rings. The van der Waals surface area contributed by atoms with Crippen molar-refractivity contribution >= 4 is 28.5 Å². The first-order valence-corrected chi connectivity index (χ1v) is 12.2. The third-order valence-electron chi connectivity index (χ3n) is 6.93. The number of hydrogen-bond acceptors (Lipinski definition) is 5. The Bertz CT molecular complexity index is 988. The van der Waals surface area contributed by atoms with Crippen LogP contribution < -0.4 is 5.32 Å². The Balaban J connectivity index is 1.35. The fraction of sp³-hybridized carbons (Fsp3) is 0.480. The first-order chi connectivity index (χ1) is 15.0. The zero-order chi connectivity index (χ0) is 21.4. The third kappa shape index (κ3) is 4.36. The van der Waals surface area contributed by atoms with Crippen molar-refractivity contribution in [1.82, 2.24) is 9.88 Å². The Morgan fingerprint density at radius 1 is 1.13 bits per heavy atom. The SMILES string of the molecule is CC1=NC(C(=O)N2CCC3(CC3)CC2CNc2cccc(C)n2)C(c2ccccc2)S1. The number of aliphatic imine (C=N–C) groups is 1. The lowest BCUT2D eigenvalue weighted by atomic mass is 9.87. The van der Waals surface area contributed by atoms with Crippen molar-refractivity contribution < 1.29 is 4.79 Å². The molecule has 1 amide bonds. The first-order valence-electron chi connectivity index (χ1n) is 11.3. The molecule has 3 heterocycles. The van der Waals surface area contributed by atoms with Gasteiger partial charge >= 0.3 is 0 Å². The van der Waals surface area contributed by atoms with E-state index in [0.717, 1.165) is 42.5 Å². The van der Waals surface area contributed by atoms with Gasteiger partial charge in [0.1, 0.15) is 11.9 Å². The van der Waals surface area contributed by atoms with E-state index in [0.29, 0.717) is 5.41 Å². The molecule has 0 radical (unpaired) electrons. The summed E-state index contributed by atoms with van der Waals surface area (Å²) in [4.78, 5) is 25.3. The molecule has 6 heteroatoms. The molecule has 31 heavy (non-hydrogen) atoms. The van der Waals surface area contributed by atoms with Crippen LogP contribution in [0, 0.1) is 12.3 Å². The molecule has 0 bridgehead atoms. The van der Waals surface area contributed by atoms with Crippen LogP contribution in [0.1, 0.15) is 49.1 Å². The van der Waals surface area contributed by atoms with Crippen molar-refractivity contribution in [2.75, 3.05) is 18.4 Å². The molecule has 5 nitrogen and oxygen atoms in total. The summed E-state index contributed by atoms with van der Waals surface area (Å²) in [6.45, 7) is 5.60. The molecule has 1 aromatic heterocycles. The van der Waals surface area contributed by atoms with Crippen molar-refractivity contribution in [1.29, 1.82) is 0 Å². The Labute approximate surface area is 188 Å². The molecule has 2 aliphatic heterocycles. The normalized spacial score (nSPS) is 26.6. The highest BCUT2D eigenvalue weighted by molar-refractivity contribution is 8.14. The largest absolute Gasteiger partial charge is 0.368 e. The monoisotopic (exact) mass is 434 g/mol. The van der Waals surface area contributed by atoms with E-state index in [4.69, 9.17) is 4.99 Å². The number of nitrogens with one attached hydrogen (secondary N) is 1. The van der Waals surface area contributed by atoms with Gasteiger partial charge in [-0.05, 0) is 62.6 Å². The standard InChI is InChI=1S/C25H30N4OS/c1-17-7-6-10-21(27-17)26-16-20-15-25(11-12-25)13-14-29(20)24(30)22-23(31-18(2)28-22)19-8-4-3-5-9-19/h3-10,20,22-23H,11-16H2,1-2H3,(H,26,27). The second-order valence-corrected chi connectivity index (χ2v) is 10.6. The van der Waals surface area contributed by atoms with E-state index in [1.165, 1.54) is 18.4 Å². The van der Waals surface area contributed by atoms with Crippen LogP contribution in [0.5, 0.6) is 0 Å². The Morgan fingerprint density at radius 3 is 2.68 bits per heavy atom. The van der Waals surface area contributed by atoms with Gasteiger partial charge in [-0.1, -0.05) is 36.4 Å². The second-order valence-electron chi connectivity index (χ2n) is 9.23. The molecule has 1 N–H and O–H groups in total. The van der Waals surface area contributed by atoms with Gasteiger partial charge in [0, 0.05) is 24.8 Å². The molecular weight excluding hydrogens is 404 g/mol. The molecule has 162 valence electrons. The van der Waals surface area contributed by atoms with Crippen molar-refractivity contribution in [2.24, 2.45) is 10.4 Å². The smallest absolute Gasteiger partial charge is 0.249 e. The van der Waals surface area contributed by atoms with Crippen LogP contribution in [0.2, 0.25) is 0 Å². The predicted molar refractivity (Wildman–Crippen MR) is 128 cm³/mol. The number of benzene rings is 1. The molecule has 5 rings (SSSR count). The van der Waals surface area contributed by atoms with E-state index < -0.39 is 0 Å². The molecular formula is C25H30N4OS. The number of carbonyl (C=O) groups is 1. The molecule has 1 spiro atoms. The maximum Gasteiger partial charge on any atom is 0.249 e. The van der Waals surface area contributed by atoms with Crippen LogP contribution in [0.25, 0.3) is 0 Å². The number of piperidine rings is 1. The number of likely N-dealkylation sites (tertiary alicyclic amines) is 1. The van der Waals surface area contributed by atoms with Gasteiger partial charge in [-0.2, -0.15) is 0 Å². The van der Waals surface area contributed by atoms with Crippen LogP contribution >= 0.6 is 11.8 Å². The van der Waals surface area contributed by atoms with Gasteiger partial charge in [0.15, 0.2) is 0 Å². The molecule has 1 saturated carbocycles. The van der Waals surface area contributed by atoms with Crippen molar-refractivity contribution in [3.8, 4) is 0 Å². The highest BCUT2D eigenvalue weighted by Crippen LogP contribution is 2.55. The molecule has 1 aromatic carbocycles. The Kier molecular flexibility index (Phi) is 5.51. The van der Waals surface area contributed by atoms with E-state index >= 15 is 0 Å². The first kappa shape index (κ1) is 20.6. The number of rotatable bonds is 5. The summed E-state index contributed by atoms with van der Waals surface area (Å²) in [6.07, 6.45) is 4.81. The van der Waals surface area contributed by atoms with Gasteiger partial charge in [-0.25, -0.2) is 4.98 Å². The molecule has 2 fully saturated rings. The lowest BCUT2D eigenvalue weighted by Crippen LogP contribution is -2.53. The number of anilines is 1. The fourth-order valence-corrected chi connectivity index (χ4v) is 6.15. The van der Waals surface area contributed by atoms with Gasteiger partial charge in [0.25, 0.3) is 0 Å². The lowest BCUT2D eigenvalue weighted by Gasteiger charge is -2.41. The number of nitrogens with zero attached hydrogens (tertiary/aromatic N) is 3. The van der Waals surface area contributed by atoms with Gasteiger partial charge in [-0.3, -0.25) is 9.79 Å². The van der Waals surface area contributed by atoms with Gasteiger partial charge in [-0.15, -0.1) is 11.8 Å². The van der Waals surface area contributed by atoms with Gasteiger partial charge in [0.05, 0.1) is 10.3 Å². The summed E-state index contributed by atoms with van der Waals surface area (Å²) in [5, 5.41) is 4.57. The van der Waals surface area contributed by atoms with Crippen LogP contribution in [-0.4, -0.2) is 46.0 Å². The third-order valence-corrected chi connectivity index (χ3v) is 8.16. The minimum atomic E-state index is -0.333. The number of pyridine rings is 1. The summed E-state index contributed by atoms with van der Waals surface area (Å²) in [7, 11) is 0. The van der Waals surface area contributed by atoms with Crippen LogP contribution in [-0.2, 0) is 4.79 Å². The topological polar surface area (TPSA) is 57.6 Å². The highest BCUT2D eigenvalue weighted by Gasteiger charge is 2.50. The van der Waals surface area contributed by atoms with Crippen LogP contribution in [0.3, 0.4) is 0 Å². The van der Waals surface area contributed by atoms with E-state index in [1.54, 1.807) is 11.8 Å². The number of carbonyl (C=O) groups excluding carboxylic acids is 1. The lowest BCUT2D eigenvalue weighted by molar-refractivity contribution is -0.136. The van der Waals surface area contributed by atoms with Crippen molar-refractivity contribution in [2.45, 2.75) is 56.9 Å². The van der Waals surface area contributed by atoms with Gasteiger partial charge < -0.3 is 10.2 Å². The summed E-state index contributed by atoms with van der Waals surface area (Å²) in [5.41, 5.74) is 2.64. The van der Waals surface area contributed by atoms with Crippen LogP contribution in [0.15, 0.2) is 53.5 Å². The minimum Gasteiger partial charge on any atom is -0.368 e. The summed E-state index contributed by atoms with van der Waals surface area (Å²) >= 11 is 1.72. The maximum absolute atomic E-state index is 13.8. The average Bonchev–Trinajstić information content (AvgIpc) is 3.41. The van der Waals surface area contributed by atoms with E-state index in [1.807, 2.05) is 50.2 Å². The Hall–Kier alpha value is -2.34. The van der Waals surface area contributed by atoms with Gasteiger partial charge in [0.2, 0.25) is 5.91 Å². The van der Waals surface area contributed by atoms with E-state index in [9.17, 15) is 4.79 Å². The van der Waals surface area contributed by atoms with E-state index in [2.05, 4.69) is 27.3 Å². The van der Waals surface area contributed by atoms with Crippen LogP contribution in [0.4, 0.5) is 5.82 Å². The van der Waals surface area contributed by atoms with Crippen molar-refractivity contribution in [3.05, 3.63) is 59.8 Å². The number of hydrogen-bond donors (Lipinski definition) is 1. The quantitative estimate of drug-likeness (QED) is 0.731. The summed E-state index contributed by atoms with van der Waals surface area (Å²) < 4.78 is 0. The molecule has 1 aliphatic carbocycles. The minimum absolute atomic E-state index is 0.0672. The van der Waals surface area contributed by atoms with E-state index in [-0.39, 0.29) is 23.2 Å². The zero-order valence-corrected chi connectivity index (χ0v) is 19.1. The number of thioether (sulfide) groups is 1. The molecule has 1 saturated heterocycles. The summed E-state index contributed by atoms with van der Waals surface area (Å²) in [6, 6.07) is 16.2. The predicted octanol–water partition coefficient (Wildman–Crippen LogP) is 4.85. The fourth-order valence-electron chi connectivity index (χ4n) is 5.01. The summed E-state index contributed by atoms with van der Waals surface area (Å²) in [5.74, 6) is 1.06. The highest BCUT2D eigenvalue weighted by atomic mass is 32.2.